The third-order valence-electron chi connectivity index (χ3n) is 5.43. The predicted octanol–water partition coefficient (Wildman–Crippen LogP) is 3.36. The molecule has 2 aliphatic rings. The summed E-state index contributed by atoms with van der Waals surface area (Å²) >= 11 is 7.64. The van der Waals surface area contributed by atoms with E-state index in [1.807, 2.05) is 35.2 Å². The highest BCUT2D eigenvalue weighted by atomic mass is 35.5. The smallest absolute Gasteiger partial charge is 0.261 e. The van der Waals surface area contributed by atoms with Gasteiger partial charge in [0.15, 0.2) is 0 Å². The number of nitrogens with zero attached hydrogens (tertiary/aromatic N) is 2. The first-order valence-electron chi connectivity index (χ1n) is 9.78. The van der Waals surface area contributed by atoms with Crippen molar-refractivity contribution in [1.29, 1.82) is 0 Å². The van der Waals surface area contributed by atoms with Crippen LogP contribution in [0.2, 0.25) is 5.02 Å². The first-order valence-corrected chi connectivity index (χ1v) is 11.0. The van der Waals surface area contributed by atoms with Crippen molar-refractivity contribution >= 4 is 40.4 Å². The molecule has 0 radical (unpaired) electrons. The van der Waals surface area contributed by atoms with Gasteiger partial charge < -0.3 is 15.1 Å². The minimum absolute atomic E-state index is 0.0274. The molecule has 5 nitrogen and oxygen atoms in total. The summed E-state index contributed by atoms with van der Waals surface area (Å²) in [6, 6.07) is 9.78. The molecule has 1 aromatic heterocycles. The highest BCUT2D eigenvalue weighted by molar-refractivity contribution is 7.14. The fourth-order valence-corrected chi connectivity index (χ4v) is 5.20. The van der Waals surface area contributed by atoms with Gasteiger partial charge in [-0.15, -0.1) is 11.3 Å². The lowest BCUT2D eigenvalue weighted by Gasteiger charge is -2.36. The van der Waals surface area contributed by atoms with E-state index in [9.17, 15) is 9.59 Å². The molecular weight excluding hydrogens is 394 g/mol. The number of hydrogen-bond donors (Lipinski definition) is 1. The molecule has 0 atom stereocenters. The Balaban J connectivity index is 1.26. The molecule has 0 saturated carbocycles. The van der Waals surface area contributed by atoms with Crippen molar-refractivity contribution in [3.05, 3.63) is 50.7 Å². The van der Waals surface area contributed by atoms with Crippen molar-refractivity contribution in [3.8, 4) is 0 Å². The Hall–Kier alpha value is -2.05. The second-order valence-electron chi connectivity index (χ2n) is 7.30. The number of rotatable bonds is 4. The van der Waals surface area contributed by atoms with E-state index < -0.39 is 0 Å². The van der Waals surface area contributed by atoms with Crippen molar-refractivity contribution in [2.75, 3.05) is 37.6 Å². The van der Waals surface area contributed by atoms with Gasteiger partial charge >= 0.3 is 0 Å². The zero-order valence-corrected chi connectivity index (χ0v) is 17.3. The lowest BCUT2D eigenvalue weighted by Crippen LogP contribution is -2.51. The zero-order chi connectivity index (χ0) is 19.5. The Morgan fingerprint density at radius 3 is 2.61 bits per heavy atom. The Kier molecular flexibility index (Phi) is 5.87. The predicted molar refractivity (Wildman–Crippen MR) is 114 cm³/mol. The Morgan fingerprint density at radius 1 is 1.07 bits per heavy atom. The van der Waals surface area contributed by atoms with Crippen molar-refractivity contribution < 1.29 is 9.59 Å². The minimum atomic E-state index is -0.134. The van der Waals surface area contributed by atoms with Crippen molar-refractivity contribution in [2.45, 2.75) is 25.7 Å². The van der Waals surface area contributed by atoms with E-state index in [0.29, 0.717) is 18.1 Å². The van der Waals surface area contributed by atoms with Gasteiger partial charge in [0.1, 0.15) is 0 Å². The van der Waals surface area contributed by atoms with E-state index in [0.717, 1.165) is 36.5 Å². The summed E-state index contributed by atoms with van der Waals surface area (Å²) in [5, 5.41) is 3.52. The van der Waals surface area contributed by atoms with Gasteiger partial charge in [0.2, 0.25) is 5.91 Å². The average Bonchev–Trinajstić information content (AvgIpc) is 3.16. The molecule has 1 fully saturated rings. The molecule has 0 bridgehead atoms. The van der Waals surface area contributed by atoms with Crippen LogP contribution in [0.1, 0.15) is 33.0 Å². The van der Waals surface area contributed by atoms with Crippen LogP contribution in [0.4, 0.5) is 5.69 Å². The summed E-state index contributed by atoms with van der Waals surface area (Å²) in [5.41, 5.74) is 2.39. The molecule has 2 amide bonds. The molecule has 0 unspecified atom stereocenters. The largest absolute Gasteiger partial charge is 0.368 e. The quantitative estimate of drug-likeness (QED) is 0.829. The maximum absolute atomic E-state index is 12.5. The molecule has 148 valence electrons. The van der Waals surface area contributed by atoms with Crippen molar-refractivity contribution in [1.82, 2.24) is 10.2 Å². The Morgan fingerprint density at radius 2 is 1.86 bits per heavy atom. The highest BCUT2D eigenvalue weighted by Crippen LogP contribution is 2.29. The summed E-state index contributed by atoms with van der Waals surface area (Å²) in [5.74, 6) is -0.161. The van der Waals surface area contributed by atoms with Gasteiger partial charge in [0.25, 0.3) is 5.91 Å². The molecule has 2 aromatic rings. The van der Waals surface area contributed by atoms with Crippen LogP contribution in [0.15, 0.2) is 30.3 Å². The topological polar surface area (TPSA) is 52.7 Å². The van der Waals surface area contributed by atoms with Gasteiger partial charge in [0, 0.05) is 41.8 Å². The van der Waals surface area contributed by atoms with Gasteiger partial charge in [-0.2, -0.15) is 0 Å². The average molecular weight is 418 g/mol. The second kappa shape index (κ2) is 8.53. The summed E-state index contributed by atoms with van der Waals surface area (Å²) in [6.07, 6.45) is 4.54. The SMILES string of the molecule is O=C(NCC(=O)N1CCN(c2cccc(Cl)c2)CC1)c1cc2c(s1)CCCC2. The number of benzene rings is 1. The van der Waals surface area contributed by atoms with E-state index in [2.05, 4.69) is 10.2 Å². The number of amides is 2. The first-order chi connectivity index (χ1) is 13.6. The molecule has 4 rings (SSSR count). The van der Waals surface area contributed by atoms with Crippen LogP contribution in [0.5, 0.6) is 0 Å². The van der Waals surface area contributed by atoms with Crippen LogP contribution < -0.4 is 10.2 Å². The lowest BCUT2D eigenvalue weighted by molar-refractivity contribution is -0.130. The van der Waals surface area contributed by atoms with Gasteiger partial charge in [-0.3, -0.25) is 9.59 Å². The Labute approximate surface area is 174 Å². The minimum Gasteiger partial charge on any atom is -0.368 e. The van der Waals surface area contributed by atoms with Crippen molar-refractivity contribution in [3.63, 3.8) is 0 Å². The normalized spacial score (nSPS) is 16.6. The van der Waals surface area contributed by atoms with Crippen molar-refractivity contribution in [2.24, 2.45) is 0 Å². The highest BCUT2D eigenvalue weighted by Gasteiger charge is 2.23. The third-order valence-corrected chi connectivity index (χ3v) is 6.90. The van der Waals surface area contributed by atoms with Crippen LogP contribution in [0.3, 0.4) is 0 Å². The number of carbonyl (C=O) groups excluding carboxylic acids is 2. The summed E-state index contributed by atoms with van der Waals surface area (Å²) in [7, 11) is 0. The van der Waals surface area contributed by atoms with Crippen LogP contribution >= 0.6 is 22.9 Å². The fraction of sp³-hybridized carbons (Fsp3) is 0.429. The number of anilines is 1. The number of nitrogens with one attached hydrogen (secondary N) is 1. The van der Waals surface area contributed by atoms with E-state index in [4.69, 9.17) is 11.6 Å². The molecule has 1 N–H and O–H groups in total. The number of hydrogen-bond acceptors (Lipinski definition) is 4. The number of aryl methyl sites for hydroxylation is 2. The fourth-order valence-electron chi connectivity index (χ4n) is 3.84. The van der Waals surface area contributed by atoms with Gasteiger partial charge in [-0.05, 0) is 55.5 Å². The number of piperazine rings is 1. The summed E-state index contributed by atoms with van der Waals surface area (Å²) in [6.45, 7) is 2.87. The standard InChI is InChI=1S/C21H24ClN3O2S/c22-16-5-3-6-17(13-16)24-8-10-25(11-9-24)20(26)14-23-21(27)19-12-15-4-1-2-7-18(15)28-19/h3,5-6,12-13H,1-2,4,7-11,14H2,(H,23,27). The lowest BCUT2D eigenvalue weighted by atomic mass is 9.99. The molecule has 28 heavy (non-hydrogen) atoms. The van der Waals surface area contributed by atoms with Crippen LogP contribution in [0.25, 0.3) is 0 Å². The van der Waals surface area contributed by atoms with E-state index >= 15 is 0 Å². The summed E-state index contributed by atoms with van der Waals surface area (Å²) in [4.78, 5) is 31.0. The zero-order valence-electron chi connectivity index (χ0n) is 15.7. The summed E-state index contributed by atoms with van der Waals surface area (Å²) < 4.78 is 0. The maximum Gasteiger partial charge on any atom is 0.261 e. The monoisotopic (exact) mass is 417 g/mol. The third kappa shape index (κ3) is 4.33. The molecule has 7 heteroatoms. The molecule has 1 saturated heterocycles. The van der Waals surface area contributed by atoms with Gasteiger partial charge in [-0.25, -0.2) is 0 Å². The molecule has 0 spiro atoms. The van der Waals surface area contributed by atoms with Gasteiger partial charge in [-0.1, -0.05) is 17.7 Å². The molecular formula is C21H24ClN3O2S. The number of fused-ring (bicyclic) bond motifs is 1. The van der Waals surface area contributed by atoms with Gasteiger partial charge in [0.05, 0.1) is 11.4 Å². The second-order valence-corrected chi connectivity index (χ2v) is 8.87. The molecule has 1 aliphatic carbocycles. The number of halogens is 1. The number of carbonyl (C=O) groups is 2. The molecule has 2 heterocycles. The van der Waals surface area contributed by atoms with Crippen LogP contribution in [-0.2, 0) is 17.6 Å². The van der Waals surface area contributed by atoms with Crippen LogP contribution in [0, 0.1) is 0 Å². The molecule has 1 aliphatic heterocycles. The number of thiophene rings is 1. The van der Waals surface area contributed by atoms with E-state index in [1.165, 1.54) is 23.3 Å². The molecule has 1 aromatic carbocycles. The van der Waals surface area contributed by atoms with E-state index in [1.54, 1.807) is 11.3 Å². The maximum atomic E-state index is 12.5. The Bertz CT molecular complexity index is 851. The van der Waals surface area contributed by atoms with Crippen LogP contribution in [-0.4, -0.2) is 49.4 Å². The first kappa shape index (κ1) is 19.3. The van der Waals surface area contributed by atoms with E-state index in [-0.39, 0.29) is 18.4 Å².